The van der Waals surface area contributed by atoms with E-state index in [1.54, 1.807) is 0 Å². The van der Waals surface area contributed by atoms with Crippen LogP contribution in [0.4, 0.5) is 5.69 Å². The van der Waals surface area contributed by atoms with Gasteiger partial charge in [0, 0.05) is 18.2 Å². The largest absolute Gasteiger partial charge is 0.493 e. The normalized spacial score (nSPS) is 10.4. The van der Waals surface area contributed by atoms with Gasteiger partial charge in [0.2, 0.25) is 0 Å². The first-order valence-corrected chi connectivity index (χ1v) is 8.44. The molecule has 3 nitrogen and oxygen atoms in total. The minimum atomic E-state index is 0.454. The number of hydrogen-bond acceptors (Lipinski definition) is 3. The molecule has 0 saturated carbocycles. The van der Waals surface area contributed by atoms with E-state index < -0.39 is 0 Å². The molecular weight excluding hydrogens is 310 g/mol. The van der Waals surface area contributed by atoms with Crippen molar-refractivity contribution in [2.75, 3.05) is 18.7 Å². The predicted molar refractivity (Wildman–Crippen MR) is 101 cm³/mol. The van der Waals surface area contributed by atoms with Gasteiger partial charge in [-0.1, -0.05) is 60.7 Å². The van der Waals surface area contributed by atoms with Gasteiger partial charge in [0.05, 0.1) is 13.2 Å². The van der Waals surface area contributed by atoms with Gasteiger partial charge in [-0.15, -0.1) is 0 Å². The fourth-order valence-electron chi connectivity index (χ4n) is 2.41. The number of para-hydroxylation sites is 1. The van der Waals surface area contributed by atoms with E-state index in [0.29, 0.717) is 19.9 Å². The summed E-state index contributed by atoms with van der Waals surface area (Å²) < 4.78 is 11.4. The quantitative estimate of drug-likeness (QED) is 0.455. The molecule has 3 aromatic rings. The first kappa shape index (κ1) is 17.1. The molecule has 0 aliphatic rings. The van der Waals surface area contributed by atoms with E-state index in [4.69, 9.17) is 9.47 Å². The third kappa shape index (κ3) is 5.98. The summed E-state index contributed by atoms with van der Waals surface area (Å²) in [6.45, 7) is 1.69. The van der Waals surface area contributed by atoms with Crippen LogP contribution in [0, 0.1) is 6.07 Å². The minimum Gasteiger partial charge on any atom is -0.493 e. The highest BCUT2D eigenvalue weighted by Crippen LogP contribution is 2.14. The van der Waals surface area contributed by atoms with Crippen molar-refractivity contribution in [3.05, 3.63) is 96.1 Å². The van der Waals surface area contributed by atoms with Crippen LogP contribution in [0.1, 0.15) is 11.1 Å². The van der Waals surface area contributed by atoms with Gasteiger partial charge in [0.15, 0.2) is 0 Å². The molecule has 3 aromatic carbocycles. The van der Waals surface area contributed by atoms with Crippen molar-refractivity contribution in [1.82, 2.24) is 0 Å². The lowest BCUT2D eigenvalue weighted by atomic mass is 10.2. The minimum absolute atomic E-state index is 0.454. The Balaban J connectivity index is 1.35. The van der Waals surface area contributed by atoms with Crippen LogP contribution in [0.5, 0.6) is 5.75 Å². The van der Waals surface area contributed by atoms with Crippen LogP contribution in [0.15, 0.2) is 78.9 Å². The lowest BCUT2D eigenvalue weighted by Gasteiger charge is -2.09. The van der Waals surface area contributed by atoms with E-state index in [2.05, 4.69) is 35.6 Å². The molecule has 127 valence electrons. The Hall–Kier alpha value is -2.78. The van der Waals surface area contributed by atoms with Gasteiger partial charge in [-0.05, 0) is 29.3 Å². The molecule has 0 bridgehead atoms. The van der Waals surface area contributed by atoms with Crippen LogP contribution >= 0.6 is 0 Å². The molecule has 0 amide bonds. The molecule has 3 rings (SSSR count). The Morgan fingerprint density at radius 2 is 1.60 bits per heavy atom. The SMILES string of the molecule is [c]1ccccc1NCOCc1ccc(OCCc2ccccc2)cc1. The Bertz CT molecular complexity index is 727. The Morgan fingerprint density at radius 3 is 2.36 bits per heavy atom. The van der Waals surface area contributed by atoms with Crippen LogP contribution < -0.4 is 10.1 Å². The topological polar surface area (TPSA) is 30.5 Å². The molecular formula is C22H22NO2. The highest BCUT2D eigenvalue weighted by atomic mass is 16.5. The van der Waals surface area contributed by atoms with E-state index in [1.807, 2.05) is 54.6 Å². The second kappa shape index (κ2) is 9.50. The zero-order valence-electron chi connectivity index (χ0n) is 14.2. The van der Waals surface area contributed by atoms with Gasteiger partial charge in [0.1, 0.15) is 12.5 Å². The van der Waals surface area contributed by atoms with Crippen molar-refractivity contribution in [3.63, 3.8) is 0 Å². The summed E-state index contributed by atoms with van der Waals surface area (Å²) in [5.74, 6) is 0.886. The van der Waals surface area contributed by atoms with E-state index in [-0.39, 0.29) is 0 Å². The van der Waals surface area contributed by atoms with E-state index in [9.17, 15) is 0 Å². The van der Waals surface area contributed by atoms with Crippen molar-refractivity contribution in [2.24, 2.45) is 0 Å². The van der Waals surface area contributed by atoms with Crippen molar-refractivity contribution in [1.29, 1.82) is 0 Å². The summed E-state index contributed by atoms with van der Waals surface area (Å²) in [6, 6.07) is 29.2. The maximum absolute atomic E-state index is 5.79. The highest BCUT2D eigenvalue weighted by Gasteiger charge is 1.98. The van der Waals surface area contributed by atoms with Crippen LogP contribution in [0.25, 0.3) is 0 Å². The van der Waals surface area contributed by atoms with Crippen LogP contribution in [0.2, 0.25) is 0 Å². The Morgan fingerprint density at radius 1 is 0.800 bits per heavy atom. The lowest BCUT2D eigenvalue weighted by Crippen LogP contribution is -2.06. The summed E-state index contributed by atoms with van der Waals surface area (Å²) in [6.07, 6.45) is 0.911. The summed E-state index contributed by atoms with van der Waals surface area (Å²) in [7, 11) is 0. The highest BCUT2D eigenvalue weighted by molar-refractivity contribution is 5.40. The van der Waals surface area contributed by atoms with Crippen molar-refractivity contribution >= 4 is 5.69 Å². The fraction of sp³-hybridized carbons (Fsp3) is 0.182. The van der Waals surface area contributed by atoms with E-state index >= 15 is 0 Å². The molecule has 0 aromatic heterocycles. The molecule has 0 spiro atoms. The van der Waals surface area contributed by atoms with E-state index in [0.717, 1.165) is 23.4 Å². The molecule has 0 fully saturated rings. The van der Waals surface area contributed by atoms with Crippen LogP contribution in [-0.2, 0) is 17.8 Å². The molecule has 0 saturated heterocycles. The summed E-state index contributed by atoms with van der Waals surface area (Å²) >= 11 is 0. The first-order valence-electron chi connectivity index (χ1n) is 8.44. The third-order valence-corrected chi connectivity index (χ3v) is 3.77. The fourth-order valence-corrected chi connectivity index (χ4v) is 2.41. The molecule has 0 aliphatic carbocycles. The standard InChI is InChI=1S/C22H22NO2/c1-3-7-19(8-4-1)15-16-25-22-13-11-20(12-14-22)17-24-18-23-21-9-5-2-6-10-21/h1-9,11-14,23H,15-18H2. The average molecular weight is 332 g/mol. The molecule has 25 heavy (non-hydrogen) atoms. The maximum Gasteiger partial charge on any atom is 0.119 e. The van der Waals surface area contributed by atoms with Gasteiger partial charge < -0.3 is 14.8 Å². The first-order chi connectivity index (χ1) is 12.4. The number of benzene rings is 3. The maximum atomic E-state index is 5.79. The van der Waals surface area contributed by atoms with Gasteiger partial charge in [-0.25, -0.2) is 0 Å². The van der Waals surface area contributed by atoms with E-state index in [1.165, 1.54) is 5.56 Å². The number of ether oxygens (including phenoxy) is 2. The predicted octanol–water partition coefficient (Wildman–Crippen LogP) is 4.69. The summed E-state index contributed by atoms with van der Waals surface area (Å²) in [5, 5.41) is 3.17. The Labute approximate surface area is 149 Å². The zero-order chi connectivity index (χ0) is 17.2. The Kier molecular flexibility index (Phi) is 6.48. The number of rotatable bonds is 9. The summed E-state index contributed by atoms with van der Waals surface area (Å²) in [4.78, 5) is 0. The number of anilines is 1. The van der Waals surface area contributed by atoms with Gasteiger partial charge in [0.25, 0.3) is 0 Å². The molecule has 0 unspecified atom stereocenters. The van der Waals surface area contributed by atoms with Crippen molar-refractivity contribution < 1.29 is 9.47 Å². The molecule has 0 aliphatic heterocycles. The molecule has 0 atom stereocenters. The average Bonchev–Trinajstić information content (AvgIpc) is 2.68. The van der Waals surface area contributed by atoms with Gasteiger partial charge in [-0.3, -0.25) is 0 Å². The van der Waals surface area contributed by atoms with Crippen molar-refractivity contribution in [3.8, 4) is 5.75 Å². The summed E-state index contributed by atoms with van der Waals surface area (Å²) in [5.41, 5.74) is 3.34. The van der Waals surface area contributed by atoms with Gasteiger partial charge in [-0.2, -0.15) is 0 Å². The van der Waals surface area contributed by atoms with Gasteiger partial charge >= 0.3 is 0 Å². The zero-order valence-corrected chi connectivity index (χ0v) is 14.2. The lowest BCUT2D eigenvalue weighted by molar-refractivity contribution is 0.138. The second-order valence-corrected chi connectivity index (χ2v) is 5.67. The smallest absolute Gasteiger partial charge is 0.119 e. The van der Waals surface area contributed by atoms with Crippen LogP contribution in [0.3, 0.4) is 0 Å². The van der Waals surface area contributed by atoms with Crippen molar-refractivity contribution in [2.45, 2.75) is 13.0 Å². The molecule has 1 radical (unpaired) electrons. The van der Waals surface area contributed by atoms with Crippen LogP contribution in [-0.4, -0.2) is 13.3 Å². The monoisotopic (exact) mass is 332 g/mol. The third-order valence-electron chi connectivity index (χ3n) is 3.77. The number of nitrogens with one attached hydrogen (secondary N) is 1. The molecule has 3 heteroatoms. The molecule has 1 N–H and O–H groups in total. The molecule has 0 heterocycles. The number of hydrogen-bond donors (Lipinski definition) is 1. The second-order valence-electron chi connectivity index (χ2n) is 5.67.